The Balaban J connectivity index is 1.25. The van der Waals surface area contributed by atoms with E-state index in [0.717, 1.165) is 17.5 Å². The molecule has 1 atom stereocenters. The number of carbonyl (C=O) groups is 1. The minimum atomic E-state index is -0.593. The number of hydrogen-bond acceptors (Lipinski definition) is 8. The Morgan fingerprint density at radius 2 is 1.90 bits per heavy atom. The molecule has 0 radical (unpaired) electrons. The lowest BCUT2D eigenvalue weighted by Crippen LogP contribution is -2.15. The van der Waals surface area contributed by atoms with Gasteiger partial charge in [0.25, 0.3) is 0 Å². The number of amides is 1. The molecule has 5 aromatic rings. The van der Waals surface area contributed by atoms with Crippen LogP contribution in [-0.4, -0.2) is 44.4 Å². The molecular weight excluding hydrogens is 532 g/mol. The SMILES string of the molecule is COc1ccc(COCCC2C(=O)Nc3nc(-c4nn(Cc5ccccc5F)c5ncc(F)cc45)nc(N)c32)cc1. The van der Waals surface area contributed by atoms with Gasteiger partial charge in [0, 0.05) is 17.7 Å². The predicted octanol–water partition coefficient (Wildman–Crippen LogP) is 4.45. The number of hydrogen-bond donors (Lipinski definition) is 2. The first-order valence-corrected chi connectivity index (χ1v) is 12.9. The molecule has 0 aliphatic carbocycles. The van der Waals surface area contributed by atoms with Gasteiger partial charge in [-0.25, -0.2) is 28.4 Å². The van der Waals surface area contributed by atoms with Crippen LogP contribution in [0.15, 0.2) is 60.8 Å². The normalized spacial score (nSPS) is 14.3. The summed E-state index contributed by atoms with van der Waals surface area (Å²) >= 11 is 0. The van der Waals surface area contributed by atoms with Crippen LogP contribution in [-0.2, 0) is 22.7 Å². The number of nitrogens with two attached hydrogens (primary N) is 1. The second kappa shape index (κ2) is 10.9. The minimum Gasteiger partial charge on any atom is -0.497 e. The van der Waals surface area contributed by atoms with Crippen molar-refractivity contribution in [3.63, 3.8) is 0 Å². The molecule has 6 rings (SSSR count). The van der Waals surface area contributed by atoms with Crippen LogP contribution in [0.5, 0.6) is 5.75 Å². The number of anilines is 2. The molecule has 1 aliphatic heterocycles. The van der Waals surface area contributed by atoms with Crippen molar-refractivity contribution in [2.75, 3.05) is 24.8 Å². The Morgan fingerprint density at radius 1 is 1.10 bits per heavy atom. The highest BCUT2D eigenvalue weighted by atomic mass is 19.1. The number of ether oxygens (including phenoxy) is 2. The van der Waals surface area contributed by atoms with Crippen LogP contribution in [0.2, 0.25) is 0 Å². The van der Waals surface area contributed by atoms with Gasteiger partial charge in [0.05, 0.1) is 37.8 Å². The highest BCUT2D eigenvalue weighted by Crippen LogP contribution is 2.39. The molecule has 0 bridgehead atoms. The van der Waals surface area contributed by atoms with E-state index in [1.807, 2.05) is 24.3 Å². The minimum absolute atomic E-state index is 0.0531. The third-order valence-electron chi connectivity index (χ3n) is 6.90. The lowest BCUT2D eigenvalue weighted by atomic mass is 9.99. The first-order chi connectivity index (χ1) is 19.9. The van der Waals surface area contributed by atoms with Gasteiger partial charge in [0.15, 0.2) is 11.5 Å². The van der Waals surface area contributed by atoms with E-state index >= 15 is 0 Å². The van der Waals surface area contributed by atoms with Crippen molar-refractivity contribution in [1.29, 1.82) is 0 Å². The largest absolute Gasteiger partial charge is 0.497 e. The second-order valence-corrected chi connectivity index (χ2v) is 9.55. The summed E-state index contributed by atoms with van der Waals surface area (Å²) in [4.78, 5) is 26.0. The summed E-state index contributed by atoms with van der Waals surface area (Å²) in [6.07, 6.45) is 1.43. The van der Waals surface area contributed by atoms with Gasteiger partial charge in [-0.1, -0.05) is 30.3 Å². The van der Waals surface area contributed by atoms with Crippen LogP contribution in [0.3, 0.4) is 0 Å². The van der Waals surface area contributed by atoms with Crippen LogP contribution in [0.25, 0.3) is 22.6 Å². The summed E-state index contributed by atoms with van der Waals surface area (Å²) in [5.74, 6) is -0.639. The van der Waals surface area contributed by atoms with Gasteiger partial charge in [0.2, 0.25) is 5.91 Å². The van der Waals surface area contributed by atoms with Gasteiger partial charge in [-0.2, -0.15) is 5.10 Å². The molecule has 3 N–H and O–H groups in total. The summed E-state index contributed by atoms with van der Waals surface area (Å²) in [6, 6.07) is 15.1. The van der Waals surface area contributed by atoms with Gasteiger partial charge in [-0.05, 0) is 36.2 Å². The van der Waals surface area contributed by atoms with Crippen molar-refractivity contribution >= 4 is 28.6 Å². The Kier molecular flexibility index (Phi) is 6.98. The van der Waals surface area contributed by atoms with Gasteiger partial charge in [0.1, 0.15) is 34.7 Å². The van der Waals surface area contributed by atoms with E-state index in [4.69, 9.17) is 15.2 Å². The lowest BCUT2D eigenvalue weighted by molar-refractivity contribution is -0.117. The number of methoxy groups -OCH3 is 1. The van der Waals surface area contributed by atoms with Gasteiger partial charge >= 0.3 is 0 Å². The van der Waals surface area contributed by atoms with Crippen molar-refractivity contribution in [3.05, 3.63) is 89.1 Å². The average molecular weight is 558 g/mol. The number of pyridine rings is 1. The topological polar surface area (TPSA) is 130 Å². The molecule has 12 heteroatoms. The Bertz CT molecular complexity index is 1760. The number of nitrogen functional groups attached to an aromatic ring is 1. The summed E-state index contributed by atoms with van der Waals surface area (Å²) in [7, 11) is 1.61. The van der Waals surface area contributed by atoms with Gasteiger partial charge in [-0.15, -0.1) is 0 Å². The van der Waals surface area contributed by atoms with E-state index in [2.05, 4.69) is 25.4 Å². The Labute approximate surface area is 233 Å². The molecule has 41 heavy (non-hydrogen) atoms. The molecule has 2 aromatic carbocycles. The van der Waals surface area contributed by atoms with Crippen molar-refractivity contribution in [3.8, 4) is 17.3 Å². The fourth-order valence-electron chi connectivity index (χ4n) is 4.85. The smallest absolute Gasteiger partial charge is 0.233 e. The monoisotopic (exact) mass is 557 g/mol. The lowest BCUT2D eigenvalue weighted by Gasteiger charge is -2.11. The highest BCUT2D eigenvalue weighted by molar-refractivity contribution is 6.03. The average Bonchev–Trinajstić information content (AvgIpc) is 3.49. The molecule has 0 fully saturated rings. The maximum absolute atomic E-state index is 14.4. The number of halogens is 2. The molecule has 1 unspecified atom stereocenters. The zero-order valence-corrected chi connectivity index (χ0v) is 22.0. The Morgan fingerprint density at radius 3 is 2.68 bits per heavy atom. The van der Waals surface area contributed by atoms with E-state index in [0.29, 0.717) is 41.8 Å². The van der Waals surface area contributed by atoms with Crippen LogP contribution in [0, 0.1) is 11.6 Å². The number of nitrogens with zero attached hydrogens (tertiary/aromatic N) is 5. The van der Waals surface area contributed by atoms with Crippen molar-refractivity contribution in [1.82, 2.24) is 24.7 Å². The van der Waals surface area contributed by atoms with E-state index in [9.17, 15) is 13.6 Å². The van der Waals surface area contributed by atoms with Crippen molar-refractivity contribution < 1.29 is 23.0 Å². The van der Waals surface area contributed by atoms with Crippen LogP contribution >= 0.6 is 0 Å². The fraction of sp³-hybridized carbons (Fsp3) is 0.207. The van der Waals surface area contributed by atoms with E-state index in [1.54, 1.807) is 25.3 Å². The summed E-state index contributed by atoms with van der Waals surface area (Å²) < 4.78 is 41.0. The third-order valence-corrected chi connectivity index (χ3v) is 6.90. The van der Waals surface area contributed by atoms with Crippen molar-refractivity contribution in [2.45, 2.75) is 25.5 Å². The molecule has 1 aliphatic rings. The van der Waals surface area contributed by atoms with Crippen LogP contribution in [0.4, 0.5) is 20.4 Å². The molecular formula is C29H25F2N7O3. The summed E-state index contributed by atoms with van der Waals surface area (Å²) in [5.41, 5.74) is 8.70. The van der Waals surface area contributed by atoms with Gasteiger partial charge < -0.3 is 20.5 Å². The van der Waals surface area contributed by atoms with Gasteiger partial charge in [-0.3, -0.25) is 4.79 Å². The zero-order valence-electron chi connectivity index (χ0n) is 22.0. The second-order valence-electron chi connectivity index (χ2n) is 9.55. The molecule has 4 heterocycles. The van der Waals surface area contributed by atoms with E-state index in [1.165, 1.54) is 16.8 Å². The fourth-order valence-corrected chi connectivity index (χ4v) is 4.85. The molecule has 0 saturated carbocycles. The number of carbonyl (C=O) groups excluding carboxylic acids is 1. The molecule has 3 aromatic heterocycles. The zero-order chi connectivity index (χ0) is 28.5. The van der Waals surface area contributed by atoms with Crippen LogP contribution < -0.4 is 15.8 Å². The maximum atomic E-state index is 14.4. The number of nitrogens with one attached hydrogen (secondary N) is 1. The first-order valence-electron chi connectivity index (χ1n) is 12.9. The highest BCUT2D eigenvalue weighted by Gasteiger charge is 2.35. The van der Waals surface area contributed by atoms with E-state index in [-0.39, 0.29) is 35.6 Å². The third kappa shape index (κ3) is 5.16. The first kappa shape index (κ1) is 26.3. The standard InChI is InChI=1S/C29H25F2N7O3/c1-40-19-8-6-16(7-9-19)15-41-11-10-20-23-25(32)34-27(35-26(23)36-29(20)39)24-21-12-18(30)13-33-28(21)38(37-24)14-17-4-2-3-5-22(17)31/h2-9,12-13,20H,10-11,14-15H2,1H3,(H3,32,34,35,36,39). The van der Waals surface area contributed by atoms with E-state index < -0.39 is 17.6 Å². The molecule has 0 saturated heterocycles. The van der Waals surface area contributed by atoms with Crippen molar-refractivity contribution in [2.24, 2.45) is 0 Å². The number of aromatic nitrogens is 5. The molecule has 1 amide bonds. The summed E-state index contributed by atoms with van der Waals surface area (Å²) in [5, 5.41) is 7.64. The molecule has 10 nitrogen and oxygen atoms in total. The quantitative estimate of drug-likeness (QED) is 0.254. The number of rotatable bonds is 9. The Hall–Kier alpha value is -4.97. The number of benzene rings is 2. The predicted molar refractivity (Wildman–Crippen MR) is 147 cm³/mol. The maximum Gasteiger partial charge on any atom is 0.233 e. The van der Waals surface area contributed by atoms with Crippen LogP contribution in [0.1, 0.15) is 29.0 Å². The molecule has 208 valence electrons. The summed E-state index contributed by atoms with van der Waals surface area (Å²) in [6.45, 7) is 0.738. The number of fused-ring (bicyclic) bond motifs is 2. The molecule has 0 spiro atoms.